The van der Waals surface area contributed by atoms with Gasteiger partial charge in [0.15, 0.2) is 0 Å². The summed E-state index contributed by atoms with van der Waals surface area (Å²) in [6.45, 7) is 7.08. The minimum absolute atomic E-state index is 0.0971. The van der Waals surface area contributed by atoms with E-state index in [2.05, 4.69) is 38.2 Å². The molecule has 0 aliphatic carbocycles. The second kappa shape index (κ2) is 4.58. The fourth-order valence-electron chi connectivity index (χ4n) is 1.49. The second-order valence-corrected chi connectivity index (χ2v) is 4.59. The van der Waals surface area contributed by atoms with E-state index in [9.17, 15) is 0 Å². The highest BCUT2D eigenvalue weighted by Gasteiger charge is 2.16. The molecular formula is C12H20N2. The number of nitrogens with two attached hydrogens (primary N) is 1. The van der Waals surface area contributed by atoms with Crippen molar-refractivity contribution in [3.63, 3.8) is 0 Å². The maximum Gasteiger partial charge on any atom is 0.0448 e. The fraction of sp³-hybridized carbons (Fsp3) is 0.500. The number of rotatable bonds is 3. The highest BCUT2D eigenvalue weighted by atomic mass is 15.0. The Morgan fingerprint density at radius 1 is 1.21 bits per heavy atom. The van der Waals surface area contributed by atoms with Crippen molar-refractivity contribution in [2.75, 3.05) is 6.54 Å². The van der Waals surface area contributed by atoms with E-state index in [1.165, 1.54) is 5.56 Å². The van der Waals surface area contributed by atoms with Crippen molar-refractivity contribution in [2.24, 2.45) is 5.73 Å². The molecule has 1 aromatic carbocycles. The summed E-state index contributed by atoms with van der Waals surface area (Å²) in [4.78, 5) is 0. The van der Waals surface area contributed by atoms with Gasteiger partial charge in [-0.05, 0) is 26.3 Å². The molecule has 2 heteroatoms. The number of benzene rings is 1. The number of nitrogens with one attached hydrogen (secondary N) is 1. The first-order chi connectivity index (χ1) is 6.53. The van der Waals surface area contributed by atoms with Crippen LogP contribution in [0.2, 0.25) is 0 Å². The average Bonchev–Trinajstić information content (AvgIpc) is 2.14. The minimum Gasteiger partial charge on any atom is -0.329 e. The molecule has 3 N–H and O–H groups in total. The zero-order chi connectivity index (χ0) is 10.6. The molecule has 0 spiro atoms. The summed E-state index contributed by atoms with van der Waals surface area (Å²) in [5, 5.41) is 3.50. The van der Waals surface area contributed by atoms with Crippen LogP contribution in [0.4, 0.5) is 0 Å². The molecule has 14 heavy (non-hydrogen) atoms. The van der Waals surface area contributed by atoms with Gasteiger partial charge in [-0.1, -0.05) is 30.3 Å². The lowest BCUT2D eigenvalue weighted by molar-refractivity contribution is 0.367. The topological polar surface area (TPSA) is 38.0 Å². The first kappa shape index (κ1) is 11.2. The zero-order valence-corrected chi connectivity index (χ0v) is 9.25. The predicted octanol–water partition coefficient (Wildman–Crippen LogP) is 2.07. The first-order valence-corrected chi connectivity index (χ1v) is 5.05. The van der Waals surface area contributed by atoms with E-state index in [1.54, 1.807) is 0 Å². The molecule has 0 saturated heterocycles. The third-order valence-electron chi connectivity index (χ3n) is 2.04. The molecule has 1 rings (SSSR count). The lowest BCUT2D eigenvalue weighted by atomic mass is 10.0. The van der Waals surface area contributed by atoms with Crippen molar-refractivity contribution in [1.29, 1.82) is 0 Å². The van der Waals surface area contributed by atoms with E-state index in [0.717, 1.165) is 0 Å². The molecule has 2 nitrogen and oxygen atoms in total. The summed E-state index contributed by atoms with van der Waals surface area (Å²) >= 11 is 0. The van der Waals surface area contributed by atoms with Crippen molar-refractivity contribution in [3.05, 3.63) is 35.9 Å². The van der Waals surface area contributed by atoms with E-state index >= 15 is 0 Å². The van der Waals surface area contributed by atoms with Crippen LogP contribution in [0.1, 0.15) is 32.4 Å². The summed E-state index contributed by atoms with van der Waals surface area (Å²) in [7, 11) is 0. The Kier molecular flexibility index (Phi) is 3.67. The molecule has 0 fully saturated rings. The van der Waals surface area contributed by atoms with Crippen LogP contribution in [0, 0.1) is 0 Å². The third kappa shape index (κ3) is 3.48. The second-order valence-electron chi connectivity index (χ2n) is 4.59. The van der Waals surface area contributed by atoms with Crippen LogP contribution in [-0.2, 0) is 0 Å². The largest absolute Gasteiger partial charge is 0.329 e. The van der Waals surface area contributed by atoms with Gasteiger partial charge in [0.05, 0.1) is 0 Å². The SMILES string of the molecule is CC(C)(C)NC(CN)c1ccccc1. The molecule has 0 heterocycles. The Balaban J connectivity index is 2.73. The monoisotopic (exact) mass is 192 g/mol. The van der Waals surface area contributed by atoms with Gasteiger partial charge in [-0.3, -0.25) is 0 Å². The molecule has 0 aromatic heterocycles. The Hall–Kier alpha value is -0.860. The van der Waals surface area contributed by atoms with Gasteiger partial charge >= 0.3 is 0 Å². The van der Waals surface area contributed by atoms with Gasteiger partial charge < -0.3 is 11.1 Å². The predicted molar refractivity (Wildman–Crippen MR) is 61.1 cm³/mol. The van der Waals surface area contributed by atoms with Gasteiger partial charge in [0.1, 0.15) is 0 Å². The van der Waals surface area contributed by atoms with Crippen molar-refractivity contribution >= 4 is 0 Å². The highest BCUT2D eigenvalue weighted by molar-refractivity contribution is 5.19. The molecule has 0 saturated carbocycles. The van der Waals surface area contributed by atoms with Crippen molar-refractivity contribution < 1.29 is 0 Å². The summed E-state index contributed by atoms with van der Waals surface area (Å²) in [5.41, 5.74) is 7.10. The van der Waals surface area contributed by atoms with Crippen LogP contribution < -0.4 is 11.1 Å². The van der Waals surface area contributed by atoms with Crippen LogP contribution in [0.5, 0.6) is 0 Å². The van der Waals surface area contributed by atoms with Crippen molar-refractivity contribution in [3.8, 4) is 0 Å². The Bertz CT molecular complexity index is 261. The van der Waals surface area contributed by atoms with E-state index in [4.69, 9.17) is 5.73 Å². The van der Waals surface area contributed by atoms with Crippen LogP contribution in [-0.4, -0.2) is 12.1 Å². The minimum atomic E-state index is 0.0971. The quantitative estimate of drug-likeness (QED) is 0.769. The molecular weight excluding hydrogens is 172 g/mol. The Labute approximate surface area is 86.5 Å². The molecule has 1 unspecified atom stereocenters. The number of hydrogen-bond acceptors (Lipinski definition) is 2. The van der Waals surface area contributed by atoms with Gasteiger partial charge in [-0.25, -0.2) is 0 Å². The normalized spacial score (nSPS) is 14.0. The smallest absolute Gasteiger partial charge is 0.0448 e. The Morgan fingerprint density at radius 3 is 2.21 bits per heavy atom. The Morgan fingerprint density at radius 2 is 1.79 bits per heavy atom. The summed E-state index contributed by atoms with van der Waals surface area (Å²) in [5.74, 6) is 0. The highest BCUT2D eigenvalue weighted by Crippen LogP contribution is 2.14. The molecule has 0 aliphatic heterocycles. The van der Waals surface area contributed by atoms with Gasteiger partial charge in [-0.2, -0.15) is 0 Å². The van der Waals surface area contributed by atoms with Crippen LogP contribution in [0.25, 0.3) is 0 Å². The van der Waals surface area contributed by atoms with E-state index < -0.39 is 0 Å². The van der Waals surface area contributed by atoms with Crippen LogP contribution in [0.15, 0.2) is 30.3 Å². The van der Waals surface area contributed by atoms with E-state index in [0.29, 0.717) is 6.54 Å². The molecule has 1 atom stereocenters. The molecule has 0 radical (unpaired) electrons. The molecule has 0 bridgehead atoms. The summed E-state index contributed by atoms with van der Waals surface area (Å²) in [6, 6.07) is 10.6. The van der Waals surface area contributed by atoms with Crippen molar-refractivity contribution in [2.45, 2.75) is 32.4 Å². The summed E-state index contributed by atoms with van der Waals surface area (Å²) in [6.07, 6.45) is 0. The maximum absolute atomic E-state index is 5.75. The summed E-state index contributed by atoms with van der Waals surface area (Å²) < 4.78 is 0. The molecule has 78 valence electrons. The van der Waals surface area contributed by atoms with E-state index in [1.807, 2.05) is 18.2 Å². The number of hydrogen-bond donors (Lipinski definition) is 2. The molecule has 0 aliphatic rings. The van der Waals surface area contributed by atoms with Gasteiger partial charge in [-0.15, -0.1) is 0 Å². The maximum atomic E-state index is 5.75. The first-order valence-electron chi connectivity index (χ1n) is 5.05. The lowest BCUT2D eigenvalue weighted by Crippen LogP contribution is -2.41. The average molecular weight is 192 g/mol. The van der Waals surface area contributed by atoms with Crippen LogP contribution in [0.3, 0.4) is 0 Å². The van der Waals surface area contributed by atoms with Gasteiger partial charge in [0.2, 0.25) is 0 Å². The lowest BCUT2D eigenvalue weighted by Gasteiger charge is -2.28. The van der Waals surface area contributed by atoms with Crippen molar-refractivity contribution in [1.82, 2.24) is 5.32 Å². The van der Waals surface area contributed by atoms with E-state index in [-0.39, 0.29) is 11.6 Å². The fourth-order valence-corrected chi connectivity index (χ4v) is 1.49. The van der Waals surface area contributed by atoms with Gasteiger partial charge in [0.25, 0.3) is 0 Å². The standard InChI is InChI=1S/C12H20N2/c1-12(2,3)14-11(9-13)10-7-5-4-6-8-10/h4-8,11,14H,9,13H2,1-3H3. The molecule has 1 aromatic rings. The van der Waals surface area contributed by atoms with Crippen LogP contribution >= 0.6 is 0 Å². The third-order valence-corrected chi connectivity index (χ3v) is 2.04. The van der Waals surface area contributed by atoms with Gasteiger partial charge in [0, 0.05) is 18.1 Å². The zero-order valence-electron chi connectivity index (χ0n) is 9.25. The molecule has 0 amide bonds.